The molecule has 0 spiro atoms. The molecule has 5 aromatic rings. The number of halogens is 3. The Hall–Kier alpha value is -6.20. The van der Waals surface area contributed by atoms with Crippen LogP contribution in [0.15, 0.2) is 48.7 Å². The fourth-order valence-electron chi connectivity index (χ4n) is 13.6. The standard InChI is InChI=1S/C27H45FN2O.C26H26F2N4O2.C10H17NO2.C10H18O2/c1-7-15-27(28,16-12-21(4)8-2)20-30-17-13-23(14-18-30)24-11-10-22(5)25(19-24)29(6)26(31)9-3;1-4-17-20(27)8-7-15-10-16(33)11-18(21(15)17)23-22(28)24-19(12-29-23)25(31-26(30-24)34-3)32-9-5-6-14(2)13-32;1-8(12)13-7-10-5-4-9-3-2-6-11(9)10;1-7(2)10(12)8(3)5-6-9(4)11/h10-11,19,21,23H,7-9,12-18,20H2,1-6H3;7-8,10-12,14,33H,4-6,9,13H2,1-3H3;9-10H,2-7H2,1H3;7-8H,5-6H2,1-4H3. The van der Waals surface area contributed by atoms with Crippen molar-refractivity contribution < 1.29 is 46.9 Å². The second-order valence-corrected chi connectivity index (χ2v) is 26.5. The Morgan fingerprint density at radius 1 is 0.867 bits per heavy atom. The normalized spacial score (nSPS) is 19.1. The molecule has 90 heavy (non-hydrogen) atoms. The van der Waals surface area contributed by atoms with E-state index in [9.17, 15) is 28.7 Å². The van der Waals surface area contributed by atoms with Crippen LogP contribution in [0.1, 0.15) is 202 Å². The summed E-state index contributed by atoms with van der Waals surface area (Å²) < 4.78 is 56.8. The number of pyridine rings is 1. The molecule has 4 aliphatic rings. The van der Waals surface area contributed by atoms with E-state index in [1.165, 1.54) is 70.0 Å². The number of anilines is 2. The number of piperidine rings is 2. The molecule has 0 saturated carbocycles. The van der Waals surface area contributed by atoms with Crippen molar-refractivity contribution in [2.75, 3.05) is 69.8 Å². The number of phenols is 1. The van der Waals surface area contributed by atoms with Crippen molar-refractivity contribution in [1.29, 1.82) is 0 Å². The summed E-state index contributed by atoms with van der Waals surface area (Å²) in [4.78, 5) is 66.9. The molecule has 496 valence electrons. The van der Waals surface area contributed by atoms with Crippen LogP contribution >= 0.6 is 0 Å². The number of aryl methyl sites for hydroxylation is 2. The summed E-state index contributed by atoms with van der Waals surface area (Å²) in [6.07, 6.45) is 17.5. The van der Waals surface area contributed by atoms with E-state index < -0.39 is 11.5 Å². The minimum absolute atomic E-state index is 0.00702. The SMILES string of the molecule is CC(=O)CCC(C)C(=O)C(C)C.CC(=O)OCC1CCC2CCCN21.CCCC(F)(CCC(C)CC)CN1CCC(c2ccc(C)c(N(C)C(=O)CC)c2)CC1.CCc1c(F)ccc2cc(O)cc(-c3ncc4c(N5CCCC(C)C5)nc(OC)nc4c3F)c12. The highest BCUT2D eigenvalue weighted by Gasteiger charge is 2.37. The topological polar surface area (TPSA) is 159 Å². The minimum Gasteiger partial charge on any atom is -0.508 e. The first-order valence-corrected chi connectivity index (χ1v) is 33.7. The number of hydrogen-bond acceptors (Lipinski definition) is 13. The molecule has 0 bridgehead atoms. The number of carbonyl (C=O) groups excluding carboxylic acids is 4. The van der Waals surface area contributed by atoms with E-state index in [-0.39, 0.29) is 64.1 Å². The fourth-order valence-corrected chi connectivity index (χ4v) is 13.6. The Bertz CT molecular complexity index is 3190. The van der Waals surface area contributed by atoms with Crippen LogP contribution in [-0.4, -0.2) is 131 Å². The van der Waals surface area contributed by atoms with E-state index in [0.29, 0.717) is 109 Å². The maximum Gasteiger partial charge on any atom is 0.318 e. The quantitative estimate of drug-likeness (QED) is 0.0653. The van der Waals surface area contributed by atoms with E-state index in [2.05, 4.69) is 82.5 Å². The molecule has 1 amide bonds. The van der Waals surface area contributed by atoms with Crippen molar-refractivity contribution >= 4 is 56.6 Å². The summed E-state index contributed by atoms with van der Waals surface area (Å²) >= 11 is 0. The second kappa shape index (κ2) is 34.5. The summed E-state index contributed by atoms with van der Waals surface area (Å²) in [7, 11) is 3.32. The number of ketones is 2. The Morgan fingerprint density at radius 2 is 1.59 bits per heavy atom. The summed E-state index contributed by atoms with van der Waals surface area (Å²) in [5.74, 6) is 1.61. The molecule has 0 radical (unpaired) electrons. The van der Waals surface area contributed by atoms with Gasteiger partial charge in [-0.05, 0) is 186 Å². The molecule has 1 N–H and O–H groups in total. The zero-order valence-corrected chi connectivity index (χ0v) is 56.8. The van der Waals surface area contributed by atoms with Crippen LogP contribution in [0.4, 0.5) is 24.7 Å². The van der Waals surface area contributed by atoms with Crippen molar-refractivity contribution in [1.82, 2.24) is 24.8 Å². The highest BCUT2D eigenvalue weighted by atomic mass is 19.1. The molecule has 9 rings (SSSR count). The summed E-state index contributed by atoms with van der Waals surface area (Å²) in [6, 6.07) is 13.8. The largest absolute Gasteiger partial charge is 0.508 e. The number of aromatic nitrogens is 3. The van der Waals surface area contributed by atoms with Gasteiger partial charge in [0.05, 0.1) is 12.5 Å². The van der Waals surface area contributed by atoms with E-state index in [4.69, 9.17) is 9.47 Å². The summed E-state index contributed by atoms with van der Waals surface area (Å²) in [5, 5.41) is 12.0. The van der Waals surface area contributed by atoms with Gasteiger partial charge in [-0.2, -0.15) is 9.97 Å². The van der Waals surface area contributed by atoms with Crippen molar-refractivity contribution in [3.05, 3.63) is 77.0 Å². The van der Waals surface area contributed by atoms with Gasteiger partial charge in [0.25, 0.3) is 0 Å². The highest BCUT2D eigenvalue weighted by Crippen LogP contribution is 2.41. The number of esters is 1. The molecule has 14 nitrogen and oxygen atoms in total. The maximum atomic E-state index is 16.1. The van der Waals surface area contributed by atoms with Gasteiger partial charge in [-0.15, -0.1) is 0 Å². The third-order valence-electron chi connectivity index (χ3n) is 19.0. The lowest BCUT2D eigenvalue weighted by Crippen LogP contribution is -2.43. The lowest BCUT2D eigenvalue weighted by molar-refractivity contribution is -0.142. The molecule has 6 unspecified atom stereocenters. The third-order valence-corrected chi connectivity index (χ3v) is 19.0. The number of ether oxygens (including phenoxy) is 2. The monoisotopic (exact) mass is 1250 g/mol. The van der Waals surface area contributed by atoms with E-state index in [0.717, 1.165) is 88.4 Å². The Kier molecular flexibility index (Phi) is 27.9. The fraction of sp³-hybridized carbons (Fsp3) is 0.630. The molecular formula is C73H106F3N7O7. The third kappa shape index (κ3) is 19.7. The predicted molar refractivity (Wildman–Crippen MR) is 357 cm³/mol. The number of amides is 1. The smallest absolute Gasteiger partial charge is 0.318 e. The minimum atomic E-state index is -1.05. The number of alkyl halides is 1. The number of Topliss-reactive ketones (excluding diaryl/α,β-unsaturated/α-hetero) is 2. The average Bonchev–Trinajstić information content (AvgIpc) is 0.807. The molecule has 6 heterocycles. The number of nitrogens with zero attached hydrogens (tertiary/aromatic N) is 7. The van der Waals surface area contributed by atoms with Crippen molar-refractivity contribution in [2.45, 2.75) is 216 Å². The number of benzene rings is 3. The van der Waals surface area contributed by atoms with E-state index >= 15 is 8.78 Å². The number of phenolic OH excluding ortho intramolecular Hbond substituents is 1. The van der Waals surface area contributed by atoms with Crippen molar-refractivity contribution in [3.63, 3.8) is 0 Å². The number of fused-ring (bicyclic) bond motifs is 3. The van der Waals surface area contributed by atoms with Crippen LogP contribution in [0.3, 0.4) is 0 Å². The summed E-state index contributed by atoms with van der Waals surface area (Å²) in [5.41, 5.74) is 3.24. The molecular weight excluding hydrogens is 1140 g/mol. The van der Waals surface area contributed by atoms with Gasteiger partial charge in [0.2, 0.25) is 5.91 Å². The molecule has 4 aliphatic heterocycles. The maximum absolute atomic E-state index is 16.1. The zero-order chi connectivity index (χ0) is 66.0. The number of likely N-dealkylation sites (tertiary alicyclic amines) is 1. The first kappa shape index (κ1) is 72.9. The first-order chi connectivity index (χ1) is 42.8. The second-order valence-electron chi connectivity index (χ2n) is 26.5. The van der Waals surface area contributed by atoms with E-state index in [1.807, 2.05) is 41.7 Å². The zero-order valence-electron chi connectivity index (χ0n) is 56.8. The van der Waals surface area contributed by atoms with Crippen LogP contribution in [0.2, 0.25) is 0 Å². The lowest BCUT2D eigenvalue weighted by Gasteiger charge is -2.37. The van der Waals surface area contributed by atoms with Crippen LogP contribution in [0.5, 0.6) is 11.8 Å². The molecule has 17 heteroatoms. The average molecular weight is 1250 g/mol. The molecule has 0 aliphatic carbocycles. The first-order valence-electron chi connectivity index (χ1n) is 33.7. The van der Waals surface area contributed by atoms with Gasteiger partial charge < -0.3 is 34.1 Å². The predicted octanol–water partition coefficient (Wildman–Crippen LogP) is 15.9. The Morgan fingerprint density at radius 3 is 2.22 bits per heavy atom. The van der Waals surface area contributed by atoms with Gasteiger partial charge in [0.15, 0.2) is 5.82 Å². The number of methoxy groups -OCH3 is 1. The Labute approximate surface area is 535 Å². The van der Waals surface area contributed by atoms with Crippen LogP contribution < -0.4 is 14.5 Å². The van der Waals surface area contributed by atoms with Crippen LogP contribution in [0, 0.1) is 42.2 Å². The molecule has 4 saturated heterocycles. The van der Waals surface area contributed by atoms with Gasteiger partial charge in [0, 0.05) is 87.8 Å². The lowest BCUT2D eigenvalue weighted by atomic mass is 9.86. The number of carbonyl (C=O) groups is 4. The highest BCUT2D eigenvalue weighted by molar-refractivity contribution is 6.02. The van der Waals surface area contributed by atoms with Gasteiger partial charge in [-0.25, -0.2) is 13.2 Å². The number of hydrogen-bond donors (Lipinski definition) is 1. The van der Waals surface area contributed by atoms with Gasteiger partial charge in [-0.1, -0.05) is 93.4 Å². The van der Waals surface area contributed by atoms with Gasteiger partial charge in [0.1, 0.15) is 52.4 Å². The Balaban J connectivity index is 0.000000210. The van der Waals surface area contributed by atoms with Gasteiger partial charge in [-0.3, -0.25) is 24.3 Å². The van der Waals surface area contributed by atoms with Gasteiger partial charge >= 0.3 is 12.0 Å². The van der Waals surface area contributed by atoms with Crippen molar-refractivity contribution in [3.8, 4) is 23.0 Å². The summed E-state index contributed by atoms with van der Waals surface area (Å²) in [6.45, 7) is 29.1. The van der Waals surface area contributed by atoms with Crippen molar-refractivity contribution in [2.24, 2.45) is 23.7 Å². The van der Waals surface area contributed by atoms with Crippen LogP contribution in [0.25, 0.3) is 32.9 Å². The van der Waals surface area contributed by atoms with Crippen LogP contribution in [-0.2, 0) is 30.3 Å². The molecule has 4 fully saturated rings. The number of rotatable bonds is 22. The molecule has 2 aromatic heterocycles. The molecule has 3 aromatic carbocycles. The van der Waals surface area contributed by atoms with E-state index in [1.54, 1.807) is 24.1 Å². The molecule has 6 atom stereocenters. The number of aromatic hydroxyl groups is 1.